The number of rotatable bonds is 7. The molecule has 3 rings (SSSR count). The van der Waals surface area contributed by atoms with E-state index in [1.807, 2.05) is 16.8 Å². The van der Waals surface area contributed by atoms with E-state index in [9.17, 15) is 18.3 Å². The molecule has 0 fully saturated rings. The van der Waals surface area contributed by atoms with E-state index in [-0.39, 0.29) is 24.6 Å². The molecule has 0 atom stereocenters. The van der Waals surface area contributed by atoms with Crippen LogP contribution in [0.5, 0.6) is 0 Å². The SMILES string of the molecule is Cc1nn(C)c(-n2ccc3cc(Cl)cnc32)c1CCS(=O)(=O)N(CC(C)C)C(=O)O. The number of aromatic nitrogens is 4. The largest absolute Gasteiger partial charge is 0.464 e. The van der Waals surface area contributed by atoms with Gasteiger partial charge in [-0.15, -0.1) is 0 Å². The fraction of sp³-hybridized carbons (Fsp3) is 0.421. The van der Waals surface area contributed by atoms with Gasteiger partial charge in [-0.3, -0.25) is 9.25 Å². The minimum absolute atomic E-state index is 0.0799. The van der Waals surface area contributed by atoms with Crippen molar-refractivity contribution in [2.24, 2.45) is 13.0 Å². The highest BCUT2D eigenvalue weighted by atomic mass is 35.5. The average Bonchev–Trinajstić information content (AvgIpc) is 3.16. The summed E-state index contributed by atoms with van der Waals surface area (Å²) < 4.78 is 29.5. The van der Waals surface area contributed by atoms with Gasteiger partial charge < -0.3 is 5.11 Å². The van der Waals surface area contributed by atoms with Crippen LogP contribution in [0.2, 0.25) is 5.02 Å². The fourth-order valence-corrected chi connectivity index (χ4v) is 5.05. The van der Waals surface area contributed by atoms with Crippen molar-refractivity contribution in [3.05, 3.63) is 40.8 Å². The number of nitrogens with zero attached hydrogens (tertiary/aromatic N) is 5. The van der Waals surface area contributed by atoms with E-state index >= 15 is 0 Å². The number of hydrogen-bond donors (Lipinski definition) is 1. The molecule has 0 unspecified atom stereocenters. The van der Waals surface area contributed by atoms with Crippen LogP contribution in [0.4, 0.5) is 4.79 Å². The average molecular weight is 454 g/mol. The molecule has 30 heavy (non-hydrogen) atoms. The van der Waals surface area contributed by atoms with Gasteiger partial charge in [0.05, 0.1) is 16.5 Å². The lowest BCUT2D eigenvalue weighted by Crippen LogP contribution is -2.40. The third-order valence-corrected chi connectivity index (χ3v) is 6.63. The summed E-state index contributed by atoms with van der Waals surface area (Å²) in [5.41, 5.74) is 2.05. The third kappa shape index (κ3) is 4.29. The molecule has 162 valence electrons. The number of carbonyl (C=O) groups is 1. The standard InChI is InChI=1S/C19H24ClN5O4S/c1-12(2)11-25(19(26)27)30(28,29)8-6-16-13(3)22-23(4)18(16)24-7-5-14-9-15(20)10-21-17(14)24/h5,7,9-10,12H,6,8,11H2,1-4H3,(H,26,27). The molecular weight excluding hydrogens is 430 g/mol. The first kappa shape index (κ1) is 22.1. The molecule has 0 bridgehead atoms. The molecule has 3 aromatic rings. The van der Waals surface area contributed by atoms with Gasteiger partial charge in [-0.1, -0.05) is 25.4 Å². The van der Waals surface area contributed by atoms with E-state index in [1.165, 1.54) is 0 Å². The van der Waals surface area contributed by atoms with Crippen LogP contribution in [-0.4, -0.2) is 55.6 Å². The molecule has 3 aromatic heterocycles. The first-order valence-electron chi connectivity index (χ1n) is 9.40. The van der Waals surface area contributed by atoms with E-state index in [1.54, 1.807) is 44.8 Å². The minimum Gasteiger partial charge on any atom is -0.464 e. The summed E-state index contributed by atoms with van der Waals surface area (Å²) in [5, 5.41) is 15.2. The molecule has 3 heterocycles. The monoisotopic (exact) mass is 453 g/mol. The summed E-state index contributed by atoms with van der Waals surface area (Å²) >= 11 is 6.02. The van der Waals surface area contributed by atoms with Crippen molar-refractivity contribution in [3.63, 3.8) is 0 Å². The van der Waals surface area contributed by atoms with Crippen LogP contribution in [0.15, 0.2) is 24.5 Å². The molecule has 0 aliphatic heterocycles. The number of carboxylic acid groups (broad SMARTS) is 1. The van der Waals surface area contributed by atoms with Gasteiger partial charge in [0.25, 0.3) is 0 Å². The van der Waals surface area contributed by atoms with Crippen LogP contribution in [0, 0.1) is 12.8 Å². The molecule has 0 saturated heterocycles. The summed E-state index contributed by atoms with van der Waals surface area (Å²) in [4.78, 5) is 15.9. The molecule has 9 nitrogen and oxygen atoms in total. The molecular formula is C19H24ClN5O4S. The second-order valence-corrected chi connectivity index (χ2v) is 9.99. The van der Waals surface area contributed by atoms with Crippen LogP contribution in [0.1, 0.15) is 25.1 Å². The Hall–Kier alpha value is -2.59. The zero-order chi connectivity index (χ0) is 22.2. The molecule has 0 aliphatic carbocycles. The van der Waals surface area contributed by atoms with Gasteiger partial charge in [0.1, 0.15) is 11.5 Å². The summed E-state index contributed by atoms with van der Waals surface area (Å²) in [6.45, 7) is 5.25. The van der Waals surface area contributed by atoms with Crippen molar-refractivity contribution >= 4 is 38.8 Å². The first-order chi connectivity index (χ1) is 14.0. The van der Waals surface area contributed by atoms with Gasteiger partial charge in [-0.05, 0) is 31.4 Å². The van der Waals surface area contributed by atoms with E-state index in [4.69, 9.17) is 11.6 Å². The number of aryl methyl sites for hydroxylation is 2. The third-order valence-electron chi connectivity index (χ3n) is 4.72. The Morgan fingerprint density at radius 2 is 2.07 bits per heavy atom. The summed E-state index contributed by atoms with van der Waals surface area (Å²) in [6.07, 6.45) is 2.02. The van der Waals surface area contributed by atoms with E-state index in [2.05, 4.69) is 10.1 Å². The van der Waals surface area contributed by atoms with Crippen LogP contribution >= 0.6 is 11.6 Å². The van der Waals surface area contributed by atoms with Gasteiger partial charge in [0.15, 0.2) is 0 Å². The number of sulfonamides is 1. The molecule has 0 aromatic carbocycles. The minimum atomic E-state index is -4.00. The Kier molecular flexibility index (Phi) is 6.09. The number of hydrogen-bond acceptors (Lipinski definition) is 5. The van der Waals surface area contributed by atoms with Crippen molar-refractivity contribution in [1.29, 1.82) is 0 Å². The van der Waals surface area contributed by atoms with Crippen LogP contribution in [0.25, 0.3) is 16.9 Å². The summed E-state index contributed by atoms with van der Waals surface area (Å²) in [6, 6.07) is 3.66. The van der Waals surface area contributed by atoms with Crippen molar-refractivity contribution < 1.29 is 18.3 Å². The summed E-state index contributed by atoms with van der Waals surface area (Å²) in [5.74, 6) is 0.221. The fourth-order valence-electron chi connectivity index (χ4n) is 3.44. The zero-order valence-electron chi connectivity index (χ0n) is 17.2. The van der Waals surface area contributed by atoms with Crippen molar-refractivity contribution in [3.8, 4) is 5.82 Å². The van der Waals surface area contributed by atoms with Crippen molar-refractivity contribution in [2.45, 2.75) is 27.2 Å². The topological polar surface area (TPSA) is 110 Å². The Morgan fingerprint density at radius 1 is 1.37 bits per heavy atom. The van der Waals surface area contributed by atoms with Gasteiger partial charge in [-0.25, -0.2) is 22.5 Å². The number of fused-ring (bicyclic) bond motifs is 1. The lowest BCUT2D eigenvalue weighted by Gasteiger charge is -2.21. The molecule has 0 spiro atoms. The normalized spacial score (nSPS) is 12.1. The van der Waals surface area contributed by atoms with Gasteiger partial charge >= 0.3 is 6.09 Å². The quantitative estimate of drug-likeness (QED) is 0.588. The van der Waals surface area contributed by atoms with Crippen LogP contribution in [0.3, 0.4) is 0 Å². The lowest BCUT2D eigenvalue weighted by molar-refractivity contribution is 0.169. The second kappa shape index (κ2) is 8.27. The highest BCUT2D eigenvalue weighted by Gasteiger charge is 2.29. The van der Waals surface area contributed by atoms with E-state index in [0.29, 0.717) is 32.1 Å². The molecule has 0 aliphatic rings. The predicted octanol–water partition coefficient (Wildman–Crippen LogP) is 3.23. The molecule has 1 amide bonds. The van der Waals surface area contributed by atoms with Gasteiger partial charge in [0.2, 0.25) is 10.0 Å². The Bertz CT molecular complexity index is 1200. The smallest absolute Gasteiger partial charge is 0.421 e. The van der Waals surface area contributed by atoms with Crippen molar-refractivity contribution in [1.82, 2.24) is 23.6 Å². The molecule has 11 heteroatoms. The lowest BCUT2D eigenvalue weighted by atomic mass is 10.2. The van der Waals surface area contributed by atoms with Crippen molar-refractivity contribution in [2.75, 3.05) is 12.3 Å². The van der Waals surface area contributed by atoms with Crippen LogP contribution in [-0.2, 0) is 23.5 Å². The van der Waals surface area contributed by atoms with E-state index in [0.717, 1.165) is 5.39 Å². The highest BCUT2D eigenvalue weighted by Crippen LogP contribution is 2.26. The molecule has 1 N–H and O–H groups in total. The van der Waals surface area contributed by atoms with Crippen LogP contribution < -0.4 is 0 Å². The maximum atomic E-state index is 12.7. The Balaban J connectivity index is 1.97. The Morgan fingerprint density at radius 3 is 2.70 bits per heavy atom. The Labute approximate surface area is 179 Å². The first-order valence-corrected chi connectivity index (χ1v) is 11.4. The van der Waals surface area contributed by atoms with E-state index < -0.39 is 16.1 Å². The number of pyridine rings is 1. The molecule has 0 radical (unpaired) electrons. The summed E-state index contributed by atoms with van der Waals surface area (Å²) in [7, 11) is -2.23. The maximum absolute atomic E-state index is 12.7. The second-order valence-electron chi connectivity index (χ2n) is 7.54. The zero-order valence-corrected chi connectivity index (χ0v) is 18.8. The molecule has 0 saturated carbocycles. The highest BCUT2D eigenvalue weighted by molar-refractivity contribution is 7.89. The van der Waals surface area contributed by atoms with Gasteiger partial charge in [-0.2, -0.15) is 5.10 Å². The number of amides is 1. The predicted molar refractivity (Wildman–Crippen MR) is 115 cm³/mol. The van der Waals surface area contributed by atoms with Gasteiger partial charge in [0, 0.05) is 36.9 Å². The maximum Gasteiger partial charge on any atom is 0.421 e. The number of halogens is 1.